The summed E-state index contributed by atoms with van der Waals surface area (Å²) in [5.74, 6) is -0.302. The van der Waals surface area contributed by atoms with Crippen molar-refractivity contribution in [2.45, 2.75) is 13.8 Å². The van der Waals surface area contributed by atoms with Gasteiger partial charge in [-0.1, -0.05) is 0 Å². The highest BCUT2D eigenvalue weighted by Crippen LogP contribution is 2.21. The zero-order valence-corrected chi connectivity index (χ0v) is 13.1. The van der Waals surface area contributed by atoms with Crippen LogP contribution in [0.4, 0.5) is 15.1 Å². The highest BCUT2D eigenvalue weighted by molar-refractivity contribution is 7.80. The third-order valence-corrected chi connectivity index (χ3v) is 3.64. The van der Waals surface area contributed by atoms with Crippen molar-refractivity contribution in [3.8, 4) is 0 Å². The van der Waals surface area contributed by atoms with Crippen LogP contribution in [0.3, 0.4) is 0 Å². The van der Waals surface area contributed by atoms with Crippen LogP contribution in [0.2, 0.25) is 0 Å². The van der Waals surface area contributed by atoms with E-state index in [1.54, 1.807) is 12.1 Å². The predicted octanol–water partition coefficient (Wildman–Crippen LogP) is 2.88. The van der Waals surface area contributed by atoms with Crippen LogP contribution in [0.25, 0.3) is 0 Å². The van der Waals surface area contributed by atoms with E-state index in [2.05, 4.69) is 20.2 Å². The van der Waals surface area contributed by atoms with Gasteiger partial charge in [-0.05, 0) is 61.9 Å². The van der Waals surface area contributed by atoms with Gasteiger partial charge in [-0.15, -0.1) is 0 Å². The first-order valence-corrected chi connectivity index (χ1v) is 7.24. The molecule has 5 nitrogen and oxygen atoms in total. The number of rotatable bonds is 3. The lowest BCUT2D eigenvalue weighted by Crippen LogP contribution is -2.25. The van der Waals surface area contributed by atoms with Crippen molar-refractivity contribution in [3.63, 3.8) is 0 Å². The summed E-state index contributed by atoms with van der Waals surface area (Å²) in [5, 5.41) is 8.00. The maximum atomic E-state index is 12.8. The highest BCUT2D eigenvalue weighted by atomic mass is 32.1. The first-order valence-electron chi connectivity index (χ1n) is 6.06. The second-order valence-electron chi connectivity index (χ2n) is 4.28. The van der Waals surface area contributed by atoms with Crippen LogP contribution in [0.5, 0.6) is 0 Å². The fourth-order valence-electron chi connectivity index (χ4n) is 1.71. The Morgan fingerprint density at radius 2 is 2.05 bits per heavy atom. The number of aromatic nitrogens is 1. The van der Waals surface area contributed by atoms with Gasteiger partial charge in [0, 0.05) is 5.69 Å². The SMILES string of the molecule is C/C(=N/NC(=S)Nc1ccc(F)cc1)c1c(C)nsc1N. The van der Waals surface area contributed by atoms with E-state index in [1.807, 2.05) is 13.8 Å². The van der Waals surface area contributed by atoms with Crippen molar-refractivity contribution in [1.82, 2.24) is 9.80 Å². The molecule has 2 rings (SSSR count). The number of nitrogens with zero attached hydrogens (tertiary/aromatic N) is 2. The molecule has 21 heavy (non-hydrogen) atoms. The monoisotopic (exact) mass is 323 g/mol. The molecule has 4 N–H and O–H groups in total. The lowest BCUT2D eigenvalue weighted by molar-refractivity contribution is 0.628. The smallest absolute Gasteiger partial charge is 0.191 e. The molecule has 1 heterocycles. The molecule has 2 aromatic rings. The van der Waals surface area contributed by atoms with Gasteiger partial charge in [0.1, 0.15) is 10.8 Å². The van der Waals surface area contributed by atoms with Crippen LogP contribution < -0.4 is 16.5 Å². The summed E-state index contributed by atoms with van der Waals surface area (Å²) in [6.07, 6.45) is 0. The van der Waals surface area contributed by atoms with Gasteiger partial charge >= 0.3 is 0 Å². The molecule has 0 saturated heterocycles. The summed E-state index contributed by atoms with van der Waals surface area (Å²) in [7, 11) is 0. The molecular weight excluding hydrogens is 309 g/mol. The summed E-state index contributed by atoms with van der Waals surface area (Å²) in [4.78, 5) is 0. The summed E-state index contributed by atoms with van der Waals surface area (Å²) in [6, 6.07) is 5.87. The normalized spacial score (nSPS) is 11.3. The number of aryl methyl sites for hydroxylation is 1. The fourth-order valence-corrected chi connectivity index (χ4v) is 2.59. The van der Waals surface area contributed by atoms with Gasteiger partial charge in [0.25, 0.3) is 0 Å². The van der Waals surface area contributed by atoms with Crippen molar-refractivity contribution in [2.75, 3.05) is 11.1 Å². The Labute approximate surface area is 131 Å². The number of hydrogen-bond acceptors (Lipinski definition) is 5. The first kappa shape index (κ1) is 15.3. The van der Waals surface area contributed by atoms with Gasteiger partial charge in [-0.25, -0.2) is 4.39 Å². The molecule has 0 amide bonds. The third kappa shape index (κ3) is 3.96. The molecule has 0 atom stereocenters. The van der Waals surface area contributed by atoms with Crippen molar-refractivity contribution in [1.29, 1.82) is 0 Å². The minimum Gasteiger partial charge on any atom is -0.389 e. The number of hydrogen-bond donors (Lipinski definition) is 3. The van der Waals surface area contributed by atoms with Crippen LogP contribution in [0, 0.1) is 12.7 Å². The number of benzene rings is 1. The van der Waals surface area contributed by atoms with E-state index in [9.17, 15) is 4.39 Å². The topological polar surface area (TPSA) is 75.3 Å². The van der Waals surface area contributed by atoms with Gasteiger partial charge < -0.3 is 11.1 Å². The van der Waals surface area contributed by atoms with E-state index >= 15 is 0 Å². The van der Waals surface area contributed by atoms with Crippen LogP contribution in [-0.4, -0.2) is 15.2 Å². The van der Waals surface area contributed by atoms with Gasteiger partial charge in [-0.3, -0.25) is 5.43 Å². The zero-order valence-electron chi connectivity index (χ0n) is 11.5. The summed E-state index contributed by atoms with van der Waals surface area (Å²) >= 11 is 6.35. The minimum absolute atomic E-state index is 0.302. The number of anilines is 2. The maximum absolute atomic E-state index is 12.8. The second kappa shape index (κ2) is 6.59. The number of nitrogens with two attached hydrogens (primary N) is 1. The van der Waals surface area contributed by atoms with Gasteiger partial charge in [0.15, 0.2) is 5.11 Å². The number of hydrazone groups is 1. The molecule has 0 unspecified atom stereocenters. The molecule has 110 valence electrons. The van der Waals surface area contributed by atoms with Crippen LogP contribution in [0.15, 0.2) is 29.4 Å². The summed E-state index contributed by atoms with van der Waals surface area (Å²) in [6.45, 7) is 3.69. The molecule has 0 radical (unpaired) electrons. The maximum Gasteiger partial charge on any atom is 0.191 e. The second-order valence-corrected chi connectivity index (χ2v) is 5.49. The Kier molecular flexibility index (Phi) is 4.81. The molecule has 0 fully saturated rings. The number of nitrogens with one attached hydrogen (secondary N) is 2. The van der Waals surface area contributed by atoms with Crippen molar-refractivity contribution >= 4 is 45.3 Å². The van der Waals surface area contributed by atoms with Crippen molar-refractivity contribution < 1.29 is 4.39 Å². The lowest BCUT2D eigenvalue weighted by Gasteiger charge is -2.08. The van der Waals surface area contributed by atoms with Crippen LogP contribution in [-0.2, 0) is 0 Å². The Hall–Kier alpha value is -2.06. The first-order chi connectivity index (χ1) is 9.97. The molecule has 0 bridgehead atoms. The van der Waals surface area contributed by atoms with E-state index in [0.717, 1.165) is 11.3 Å². The van der Waals surface area contributed by atoms with Gasteiger partial charge in [0.2, 0.25) is 0 Å². The largest absolute Gasteiger partial charge is 0.389 e. The number of halogens is 1. The molecular formula is C13H14FN5S2. The molecule has 0 saturated carbocycles. The average Bonchev–Trinajstić information content (AvgIpc) is 2.78. The summed E-state index contributed by atoms with van der Waals surface area (Å²) < 4.78 is 17.0. The fraction of sp³-hybridized carbons (Fsp3) is 0.154. The quantitative estimate of drug-likeness (QED) is 0.460. The predicted molar refractivity (Wildman–Crippen MR) is 89.2 cm³/mol. The third-order valence-electron chi connectivity index (χ3n) is 2.68. The van der Waals surface area contributed by atoms with Crippen molar-refractivity contribution in [3.05, 3.63) is 41.3 Å². The van der Waals surface area contributed by atoms with Crippen LogP contribution >= 0.6 is 23.8 Å². The Balaban J connectivity index is 2.00. The van der Waals surface area contributed by atoms with Crippen LogP contribution in [0.1, 0.15) is 18.2 Å². The molecule has 1 aromatic carbocycles. The molecule has 0 spiro atoms. The van der Waals surface area contributed by atoms with E-state index in [-0.39, 0.29) is 5.82 Å². The number of nitrogen functional groups attached to an aromatic ring is 1. The highest BCUT2D eigenvalue weighted by Gasteiger charge is 2.10. The van der Waals surface area contributed by atoms with E-state index < -0.39 is 0 Å². The Bertz CT molecular complexity index is 659. The van der Waals surface area contributed by atoms with E-state index in [0.29, 0.717) is 21.5 Å². The molecule has 0 aliphatic heterocycles. The average molecular weight is 323 g/mol. The molecule has 0 aliphatic carbocycles. The van der Waals surface area contributed by atoms with E-state index in [4.69, 9.17) is 18.0 Å². The molecule has 1 aromatic heterocycles. The van der Waals surface area contributed by atoms with Gasteiger partial charge in [0.05, 0.1) is 17.0 Å². The number of thiocarbonyl (C=S) groups is 1. The van der Waals surface area contributed by atoms with E-state index in [1.165, 1.54) is 23.7 Å². The summed E-state index contributed by atoms with van der Waals surface area (Å²) in [5.41, 5.74) is 11.6. The zero-order chi connectivity index (χ0) is 15.4. The standard InChI is InChI=1S/C13H14FN5S2/c1-7(11-8(2)19-21-12(11)15)17-18-13(20)16-10-5-3-9(14)4-6-10/h3-6H,15H2,1-2H3,(H2,16,18,20)/b17-7-. The molecule has 0 aliphatic rings. The Morgan fingerprint density at radius 3 is 2.62 bits per heavy atom. The van der Waals surface area contributed by atoms with Gasteiger partial charge in [-0.2, -0.15) is 9.47 Å². The van der Waals surface area contributed by atoms with Crippen molar-refractivity contribution in [2.24, 2.45) is 5.10 Å². The Morgan fingerprint density at radius 1 is 1.38 bits per heavy atom. The minimum atomic E-state index is -0.302. The molecule has 8 heteroatoms. The lowest BCUT2D eigenvalue weighted by atomic mass is 10.2.